The molecule has 2 aromatic carbocycles. The van der Waals surface area contributed by atoms with Crippen LogP contribution in [0.15, 0.2) is 61.3 Å². The average molecular weight is 476 g/mol. The first-order valence-corrected chi connectivity index (χ1v) is 11.0. The summed E-state index contributed by atoms with van der Waals surface area (Å²) in [6.07, 6.45) is 7.83. The van der Waals surface area contributed by atoms with Crippen LogP contribution < -0.4 is 16.0 Å². The fourth-order valence-electron chi connectivity index (χ4n) is 3.86. The number of fused-ring (bicyclic) bond motifs is 3. The van der Waals surface area contributed by atoms with Crippen molar-refractivity contribution in [1.29, 1.82) is 0 Å². The fraction of sp³-hybridized carbons (Fsp3) is 0.167. The Morgan fingerprint density at radius 2 is 1.91 bits per heavy atom. The van der Waals surface area contributed by atoms with E-state index in [1.54, 1.807) is 35.3 Å². The maximum atomic E-state index is 14.2. The molecule has 178 valence electrons. The second kappa shape index (κ2) is 9.37. The lowest BCUT2D eigenvalue weighted by Gasteiger charge is -2.12. The smallest absolute Gasteiger partial charge is 0.318 e. The Labute approximate surface area is 198 Å². The molecule has 3 N–H and O–H groups in total. The zero-order valence-electron chi connectivity index (χ0n) is 18.8. The van der Waals surface area contributed by atoms with Gasteiger partial charge in [-0.1, -0.05) is 12.1 Å². The van der Waals surface area contributed by atoms with Gasteiger partial charge in [-0.3, -0.25) is 4.40 Å². The van der Waals surface area contributed by atoms with E-state index in [2.05, 4.69) is 30.9 Å². The van der Waals surface area contributed by atoms with Crippen LogP contribution in [0.3, 0.4) is 0 Å². The molecule has 2 amide bonds. The highest BCUT2D eigenvalue weighted by atomic mass is 19.2. The number of nitrogens with zero attached hydrogens (tertiary/aromatic N) is 5. The van der Waals surface area contributed by atoms with Crippen LogP contribution in [0.5, 0.6) is 0 Å². The van der Waals surface area contributed by atoms with E-state index in [0.717, 1.165) is 30.7 Å². The van der Waals surface area contributed by atoms with Crippen molar-refractivity contribution in [3.63, 3.8) is 0 Å². The SMILES string of the molecule is CNC(=O)Nc1ccc(-c2cnc3c(NCCCn4ccnc4)nc4cc(F)c(F)cc4n23)cc1. The first kappa shape index (κ1) is 22.3. The van der Waals surface area contributed by atoms with E-state index in [1.165, 1.54) is 7.05 Å². The highest BCUT2D eigenvalue weighted by molar-refractivity contribution is 5.90. The van der Waals surface area contributed by atoms with Crippen LogP contribution in [0.25, 0.3) is 27.9 Å². The third-order valence-corrected chi connectivity index (χ3v) is 5.57. The maximum absolute atomic E-state index is 14.2. The third kappa shape index (κ3) is 4.47. The summed E-state index contributed by atoms with van der Waals surface area (Å²) in [6, 6.07) is 9.02. The predicted molar refractivity (Wildman–Crippen MR) is 129 cm³/mol. The molecule has 9 nitrogen and oxygen atoms in total. The molecule has 35 heavy (non-hydrogen) atoms. The first-order valence-electron chi connectivity index (χ1n) is 11.0. The van der Waals surface area contributed by atoms with E-state index in [-0.39, 0.29) is 6.03 Å². The van der Waals surface area contributed by atoms with E-state index in [0.29, 0.717) is 40.4 Å². The van der Waals surface area contributed by atoms with Crippen LogP contribution in [0.1, 0.15) is 6.42 Å². The van der Waals surface area contributed by atoms with Crippen LogP contribution in [0, 0.1) is 11.6 Å². The number of benzene rings is 2. The van der Waals surface area contributed by atoms with Crippen LogP contribution in [0.2, 0.25) is 0 Å². The largest absolute Gasteiger partial charge is 0.367 e. The molecule has 0 saturated heterocycles. The third-order valence-electron chi connectivity index (χ3n) is 5.57. The molecule has 3 aromatic heterocycles. The summed E-state index contributed by atoms with van der Waals surface area (Å²) in [5, 5.41) is 8.48. The van der Waals surface area contributed by atoms with E-state index in [4.69, 9.17) is 0 Å². The van der Waals surface area contributed by atoms with E-state index < -0.39 is 11.6 Å². The Morgan fingerprint density at radius 1 is 1.11 bits per heavy atom. The number of hydrogen-bond acceptors (Lipinski definition) is 5. The molecule has 5 rings (SSSR count). The lowest BCUT2D eigenvalue weighted by atomic mass is 10.1. The van der Waals surface area contributed by atoms with Crippen molar-refractivity contribution < 1.29 is 13.6 Å². The highest BCUT2D eigenvalue weighted by Crippen LogP contribution is 2.30. The predicted octanol–water partition coefficient (Wildman–Crippen LogP) is 4.28. The van der Waals surface area contributed by atoms with Gasteiger partial charge in [-0.15, -0.1) is 0 Å². The van der Waals surface area contributed by atoms with Crippen LogP contribution in [-0.4, -0.2) is 43.5 Å². The second-order valence-electron chi connectivity index (χ2n) is 7.88. The number of aromatic nitrogens is 5. The Balaban J connectivity index is 1.52. The van der Waals surface area contributed by atoms with Gasteiger partial charge in [0.25, 0.3) is 0 Å². The summed E-state index contributed by atoms with van der Waals surface area (Å²) >= 11 is 0. The first-order chi connectivity index (χ1) is 17.0. The molecule has 5 aromatic rings. The topological polar surface area (TPSA) is 101 Å². The van der Waals surface area contributed by atoms with E-state index in [9.17, 15) is 13.6 Å². The summed E-state index contributed by atoms with van der Waals surface area (Å²) in [6.45, 7) is 1.37. The molecule has 0 fully saturated rings. The molecule has 0 bridgehead atoms. The van der Waals surface area contributed by atoms with Crippen molar-refractivity contribution in [2.75, 3.05) is 24.2 Å². The molecule has 0 aliphatic rings. The number of imidazole rings is 2. The van der Waals surface area contributed by atoms with E-state index in [1.807, 2.05) is 22.9 Å². The molecule has 0 aliphatic heterocycles. The van der Waals surface area contributed by atoms with Crippen molar-refractivity contribution in [2.45, 2.75) is 13.0 Å². The molecular weight excluding hydrogens is 454 g/mol. The highest BCUT2D eigenvalue weighted by Gasteiger charge is 2.17. The zero-order valence-corrected chi connectivity index (χ0v) is 18.8. The Bertz CT molecular complexity index is 1500. The van der Waals surface area contributed by atoms with Crippen LogP contribution >= 0.6 is 0 Å². The summed E-state index contributed by atoms with van der Waals surface area (Å²) in [5.74, 6) is -1.47. The number of anilines is 2. The fourth-order valence-corrected chi connectivity index (χ4v) is 3.86. The maximum Gasteiger partial charge on any atom is 0.318 e. The number of aryl methyl sites for hydroxylation is 1. The lowest BCUT2D eigenvalue weighted by Crippen LogP contribution is -2.24. The molecule has 0 spiro atoms. The number of nitrogens with one attached hydrogen (secondary N) is 3. The summed E-state index contributed by atoms with van der Waals surface area (Å²) in [4.78, 5) is 24.7. The number of carbonyl (C=O) groups is 1. The van der Waals surface area contributed by atoms with Crippen molar-refractivity contribution in [1.82, 2.24) is 29.2 Å². The number of rotatable bonds is 7. The number of urea groups is 1. The van der Waals surface area contributed by atoms with Gasteiger partial charge in [0, 0.05) is 55.9 Å². The van der Waals surface area contributed by atoms with Crippen molar-refractivity contribution in [3.8, 4) is 11.3 Å². The summed E-state index contributed by atoms with van der Waals surface area (Å²) < 4.78 is 32.0. The normalized spacial score (nSPS) is 11.2. The van der Waals surface area contributed by atoms with Crippen LogP contribution in [-0.2, 0) is 6.54 Å². The van der Waals surface area contributed by atoms with Crippen molar-refractivity contribution in [2.24, 2.45) is 0 Å². The number of halogens is 2. The molecule has 0 unspecified atom stereocenters. The van der Waals surface area contributed by atoms with Gasteiger partial charge in [0.2, 0.25) is 0 Å². The van der Waals surface area contributed by atoms with Gasteiger partial charge in [-0.05, 0) is 18.6 Å². The van der Waals surface area contributed by atoms with Crippen molar-refractivity contribution >= 4 is 34.2 Å². The van der Waals surface area contributed by atoms with Gasteiger partial charge in [-0.2, -0.15) is 0 Å². The zero-order chi connectivity index (χ0) is 24.4. The van der Waals surface area contributed by atoms with Gasteiger partial charge in [-0.25, -0.2) is 28.5 Å². The number of amides is 2. The van der Waals surface area contributed by atoms with Crippen LogP contribution in [0.4, 0.5) is 25.1 Å². The second-order valence-corrected chi connectivity index (χ2v) is 7.88. The van der Waals surface area contributed by atoms with Gasteiger partial charge < -0.3 is 20.5 Å². The molecule has 0 aliphatic carbocycles. The lowest BCUT2D eigenvalue weighted by molar-refractivity contribution is 0.254. The minimum atomic E-state index is -0.971. The molecule has 3 heterocycles. The van der Waals surface area contributed by atoms with Crippen molar-refractivity contribution in [3.05, 3.63) is 73.0 Å². The van der Waals surface area contributed by atoms with E-state index >= 15 is 0 Å². The van der Waals surface area contributed by atoms with Gasteiger partial charge in [0.05, 0.1) is 29.3 Å². The molecule has 0 saturated carbocycles. The Hall–Kier alpha value is -4.54. The van der Waals surface area contributed by atoms with Gasteiger partial charge in [0.1, 0.15) is 0 Å². The minimum Gasteiger partial charge on any atom is -0.367 e. The Morgan fingerprint density at radius 3 is 2.66 bits per heavy atom. The number of hydrogen-bond donors (Lipinski definition) is 3. The number of carbonyl (C=O) groups excluding carboxylic acids is 1. The summed E-state index contributed by atoms with van der Waals surface area (Å²) in [7, 11) is 1.53. The molecule has 11 heteroatoms. The molecular formula is C24H22F2N8O. The molecule has 0 radical (unpaired) electrons. The monoisotopic (exact) mass is 476 g/mol. The average Bonchev–Trinajstić information content (AvgIpc) is 3.54. The van der Waals surface area contributed by atoms with Gasteiger partial charge in [0.15, 0.2) is 23.1 Å². The molecule has 0 atom stereocenters. The Kier molecular flexibility index (Phi) is 5.96. The quantitative estimate of drug-likeness (QED) is 0.305. The minimum absolute atomic E-state index is 0.297. The summed E-state index contributed by atoms with van der Waals surface area (Å²) in [5.41, 5.74) is 3.25. The standard InChI is InChI=1S/C24H22F2N8O/c1-27-24(35)31-16-5-3-15(4-6-16)21-13-30-23-22(29-7-2-9-33-10-8-28-14-33)32-19-11-17(25)18(26)12-20(19)34(21)23/h3-6,8,10-14H,2,7,9H2,1H3,(H,29,32)(H2,27,31,35). The van der Waals surface area contributed by atoms with Gasteiger partial charge >= 0.3 is 6.03 Å².